The average Bonchev–Trinajstić information content (AvgIpc) is 3.40. The zero-order valence-corrected chi connectivity index (χ0v) is 19.6. The van der Waals surface area contributed by atoms with Gasteiger partial charge < -0.3 is 5.32 Å². The van der Waals surface area contributed by atoms with Crippen molar-refractivity contribution >= 4 is 22.3 Å². The fourth-order valence-electron chi connectivity index (χ4n) is 6.55. The van der Waals surface area contributed by atoms with Crippen LogP contribution in [0.2, 0.25) is 0 Å². The molecule has 1 N–H and O–H groups in total. The molecule has 0 amide bonds. The third kappa shape index (κ3) is 2.43. The summed E-state index contributed by atoms with van der Waals surface area (Å²) in [7, 11) is 0. The lowest BCUT2D eigenvalue weighted by Gasteiger charge is -2.30. The van der Waals surface area contributed by atoms with Crippen LogP contribution in [0, 0.1) is 0 Å². The van der Waals surface area contributed by atoms with Crippen LogP contribution in [0.25, 0.3) is 33.0 Å². The van der Waals surface area contributed by atoms with Crippen molar-refractivity contribution in [2.75, 3.05) is 5.32 Å². The molecule has 0 atom stereocenters. The number of nitrogens with one attached hydrogen (secondary N) is 1. The summed E-state index contributed by atoms with van der Waals surface area (Å²) in [5.74, 6) is 0.849. The summed E-state index contributed by atoms with van der Waals surface area (Å²) >= 11 is 0. The van der Waals surface area contributed by atoms with E-state index in [0.717, 1.165) is 11.5 Å². The standard InChI is InChI=1S/C34H22N2/c1-2-11-23-21-30-26(20-22(23)10-1)33-29(16-9-17-31(33)36-32-18-7-8-19-35-32)34(30)27-14-5-3-12-24(27)25-13-4-6-15-28(25)34/h1-21H,(H,35,36). The van der Waals surface area contributed by atoms with Crippen molar-refractivity contribution in [1.29, 1.82) is 0 Å². The fraction of sp³-hybridized carbons (Fsp3) is 0.0294. The lowest BCUT2D eigenvalue weighted by Crippen LogP contribution is -2.25. The van der Waals surface area contributed by atoms with Crippen LogP contribution in [-0.2, 0) is 5.41 Å². The highest BCUT2D eigenvalue weighted by Crippen LogP contribution is 2.64. The molecule has 36 heavy (non-hydrogen) atoms. The number of nitrogens with zero attached hydrogens (tertiary/aromatic N) is 1. The average molecular weight is 459 g/mol. The van der Waals surface area contributed by atoms with Gasteiger partial charge in [-0.15, -0.1) is 0 Å². The van der Waals surface area contributed by atoms with Gasteiger partial charge in [-0.25, -0.2) is 4.98 Å². The lowest BCUT2D eigenvalue weighted by molar-refractivity contribution is 0.795. The van der Waals surface area contributed by atoms with E-state index >= 15 is 0 Å². The summed E-state index contributed by atoms with van der Waals surface area (Å²) in [6.07, 6.45) is 1.83. The maximum Gasteiger partial charge on any atom is 0.130 e. The Hall–Kier alpha value is -4.69. The highest BCUT2D eigenvalue weighted by Gasteiger charge is 2.52. The van der Waals surface area contributed by atoms with Crippen molar-refractivity contribution in [1.82, 2.24) is 4.98 Å². The molecule has 6 aromatic rings. The molecule has 0 saturated carbocycles. The summed E-state index contributed by atoms with van der Waals surface area (Å²) in [5, 5.41) is 6.16. The highest BCUT2D eigenvalue weighted by molar-refractivity contribution is 6.03. The molecule has 0 fully saturated rings. The van der Waals surface area contributed by atoms with E-state index in [-0.39, 0.29) is 5.41 Å². The van der Waals surface area contributed by atoms with Crippen LogP contribution in [0.5, 0.6) is 0 Å². The monoisotopic (exact) mass is 458 g/mol. The van der Waals surface area contributed by atoms with Crippen LogP contribution in [0.15, 0.2) is 128 Å². The van der Waals surface area contributed by atoms with E-state index in [9.17, 15) is 0 Å². The van der Waals surface area contributed by atoms with Crippen LogP contribution >= 0.6 is 0 Å². The van der Waals surface area contributed by atoms with Gasteiger partial charge in [0.2, 0.25) is 0 Å². The summed E-state index contributed by atoms with van der Waals surface area (Å²) in [4.78, 5) is 4.56. The molecule has 1 spiro atoms. The zero-order valence-electron chi connectivity index (χ0n) is 19.6. The highest BCUT2D eigenvalue weighted by atomic mass is 15.0. The molecule has 2 heteroatoms. The minimum Gasteiger partial charge on any atom is -0.340 e. The van der Waals surface area contributed by atoms with E-state index in [2.05, 4.69) is 113 Å². The Morgan fingerprint density at radius 2 is 1.14 bits per heavy atom. The second-order valence-corrected chi connectivity index (χ2v) is 9.65. The second-order valence-electron chi connectivity index (χ2n) is 9.65. The summed E-state index contributed by atoms with van der Waals surface area (Å²) in [6.45, 7) is 0. The van der Waals surface area contributed by atoms with Gasteiger partial charge in [0, 0.05) is 17.4 Å². The molecule has 0 saturated heterocycles. The first-order valence-corrected chi connectivity index (χ1v) is 12.4. The number of aromatic nitrogens is 1. The second kappa shape index (κ2) is 7.16. The van der Waals surface area contributed by atoms with Gasteiger partial charge in [-0.1, -0.05) is 91.0 Å². The Morgan fingerprint density at radius 3 is 1.86 bits per heavy atom. The van der Waals surface area contributed by atoms with Crippen molar-refractivity contribution in [2.24, 2.45) is 0 Å². The third-order valence-corrected chi connectivity index (χ3v) is 7.91. The van der Waals surface area contributed by atoms with Crippen LogP contribution in [0.1, 0.15) is 22.3 Å². The molecule has 8 rings (SSSR count). The quantitative estimate of drug-likeness (QED) is 0.282. The summed E-state index contributed by atoms with van der Waals surface area (Å²) in [6, 6.07) is 44.0. The molecule has 2 nitrogen and oxygen atoms in total. The maximum absolute atomic E-state index is 4.56. The predicted molar refractivity (Wildman–Crippen MR) is 148 cm³/mol. The molecule has 0 aliphatic heterocycles. The Labute approximate surface area is 209 Å². The predicted octanol–water partition coefficient (Wildman–Crippen LogP) is 8.32. The van der Waals surface area contributed by atoms with Crippen LogP contribution in [0.3, 0.4) is 0 Å². The normalized spacial score (nSPS) is 13.8. The topological polar surface area (TPSA) is 24.9 Å². The Bertz CT molecular complexity index is 1770. The molecule has 168 valence electrons. The van der Waals surface area contributed by atoms with E-state index in [4.69, 9.17) is 0 Å². The Kier molecular flexibility index (Phi) is 3.90. The number of pyridine rings is 1. The van der Waals surface area contributed by atoms with Crippen molar-refractivity contribution < 1.29 is 0 Å². The first-order chi connectivity index (χ1) is 17.9. The zero-order chi connectivity index (χ0) is 23.7. The van der Waals surface area contributed by atoms with Crippen molar-refractivity contribution in [3.8, 4) is 22.3 Å². The number of anilines is 2. The van der Waals surface area contributed by atoms with Gasteiger partial charge in [-0.05, 0) is 80.0 Å². The van der Waals surface area contributed by atoms with Crippen LogP contribution < -0.4 is 5.32 Å². The van der Waals surface area contributed by atoms with Crippen molar-refractivity contribution in [3.05, 3.63) is 150 Å². The van der Waals surface area contributed by atoms with E-state index in [1.807, 2.05) is 24.4 Å². The molecule has 0 radical (unpaired) electrons. The minimum atomic E-state index is -0.357. The van der Waals surface area contributed by atoms with Gasteiger partial charge in [-0.3, -0.25) is 0 Å². The van der Waals surface area contributed by atoms with Gasteiger partial charge in [0.1, 0.15) is 5.82 Å². The molecule has 1 aromatic heterocycles. The number of benzene rings is 5. The van der Waals surface area contributed by atoms with Crippen molar-refractivity contribution in [3.63, 3.8) is 0 Å². The Balaban J connectivity index is 1.53. The van der Waals surface area contributed by atoms with E-state index in [1.54, 1.807) is 0 Å². The van der Waals surface area contributed by atoms with Gasteiger partial charge in [0.25, 0.3) is 0 Å². The Morgan fingerprint density at radius 1 is 0.500 bits per heavy atom. The van der Waals surface area contributed by atoms with Gasteiger partial charge >= 0.3 is 0 Å². The molecular weight excluding hydrogens is 436 g/mol. The lowest BCUT2D eigenvalue weighted by atomic mass is 9.70. The number of rotatable bonds is 2. The van der Waals surface area contributed by atoms with Gasteiger partial charge in [0.05, 0.1) is 5.41 Å². The van der Waals surface area contributed by atoms with Crippen LogP contribution in [-0.4, -0.2) is 4.98 Å². The smallest absolute Gasteiger partial charge is 0.130 e. The largest absolute Gasteiger partial charge is 0.340 e. The number of hydrogen-bond acceptors (Lipinski definition) is 2. The van der Waals surface area contributed by atoms with E-state index in [0.29, 0.717) is 0 Å². The third-order valence-electron chi connectivity index (χ3n) is 7.91. The summed E-state index contributed by atoms with van der Waals surface area (Å²) < 4.78 is 0. The molecule has 1 heterocycles. The first kappa shape index (κ1) is 19.6. The fourth-order valence-corrected chi connectivity index (χ4v) is 6.55. The molecule has 2 aliphatic rings. The van der Waals surface area contributed by atoms with Gasteiger partial charge in [0.15, 0.2) is 0 Å². The minimum absolute atomic E-state index is 0.357. The summed E-state index contributed by atoms with van der Waals surface area (Å²) in [5.41, 5.74) is 11.3. The molecular formula is C34H22N2. The van der Waals surface area contributed by atoms with E-state index in [1.165, 1.54) is 55.3 Å². The maximum atomic E-state index is 4.56. The van der Waals surface area contributed by atoms with Gasteiger partial charge in [-0.2, -0.15) is 0 Å². The number of fused-ring (bicyclic) bond motifs is 11. The molecule has 0 bridgehead atoms. The molecule has 2 aliphatic carbocycles. The SMILES string of the molecule is c1ccc(Nc2cccc3c2-c2cc4ccccc4cc2C32c3ccccc3-c3ccccc32)nc1. The first-order valence-electron chi connectivity index (χ1n) is 12.4. The number of hydrogen-bond donors (Lipinski definition) is 1. The van der Waals surface area contributed by atoms with Crippen molar-refractivity contribution in [2.45, 2.75) is 5.41 Å². The van der Waals surface area contributed by atoms with Crippen LogP contribution in [0.4, 0.5) is 11.5 Å². The molecule has 0 unspecified atom stereocenters. The molecule has 5 aromatic carbocycles. The van der Waals surface area contributed by atoms with E-state index < -0.39 is 0 Å².